The van der Waals surface area contributed by atoms with Crippen molar-refractivity contribution in [1.82, 2.24) is 15.0 Å². The van der Waals surface area contributed by atoms with E-state index in [1.54, 1.807) is 18.2 Å². The van der Waals surface area contributed by atoms with Gasteiger partial charge in [0.05, 0.1) is 5.52 Å². The molecule has 0 bridgehead atoms. The quantitative estimate of drug-likeness (QED) is 0.506. The summed E-state index contributed by atoms with van der Waals surface area (Å²) in [6.45, 7) is 0.632. The number of rotatable bonds is 4. The van der Waals surface area contributed by atoms with Crippen LogP contribution in [0.4, 0.5) is 10.1 Å². The molecule has 0 spiro atoms. The molecule has 6 heteroatoms. The maximum Gasteiger partial charge on any atom is 0.179 e. The van der Waals surface area contributed by atoms with Crippen LogP contribution in [0.3, 0.4) is 0 Å². The van der Waals surface area contributed by atoms with E-state index >= 15 is 0 Å². The molecule has 0 saturated carbocycles. The van der Waals surface area contributed by atoms with Gasteiger partial charge in [-0.15, -0.1) is 0 Å². The van der Waals surface area contributed by atoms with E-state index in [2.05, 4.69) is 20.3 Å². The lowest BCUT2D eigenvalue weighted by Crippen LogP contribution is -1.99. The summed E-state index contributed by atoms with van der Waals surface area (Å²) in [6.07, 6.45) is 0. The minimum absolute atomic E-state index is 0.227. The summed E-state index contributed by atoms with van der Waals surface area (Å²) in [5, 5.41) is 3.73. The number of fused-ring (bicyclic) bond motifs is 1. The average molecular weight is 353 g/mol. The number of hydrogen-bond acceptors (Lipinski definition) is 3. The Morgan fingerprint density at radius 1 is 0.920 bits per heavy atom. The van der Waals surface area contributed by atoms with Crippen LogP contribution in [0.5, 0.6) is 0 Å². The molecule has 0 amide bonds. The van der Waals surface area contributed by atoms with Crippen molar-refractivity contribution in [3.63, 3.8) is 0 Å². The van der Waals surface area contributed by atoms with E-state index in [0.29, 0.717) is 17.3 Å². The van der Waals surface area contributed by atoms with Crippen molar-refractivity contribution in [2.45, 2.75) is 6.54 Å². The van der Waals surface area contributed by atoms with Crippen LogP contribution >= 0.6 is 11.6 Å². The van der Waals surface area contributed by atoms with E-state index in [0.717, 1.165) is 28.2 Å². The number of nitrogens with one attached hydrogen (secondary N) is 2. The molecule has 4 nitrogen and oxygen atoms in total. The van der Waals surface area contributed by atoms with Gasteiger partial charge in [0, 0.05) is 17.8 Å². The highest BCUT2D eigenvalue weighted by atomic mass is 35.5. The first kappa shape index (κ1) is 15.6. The zero-order valence-electron chi connectivity index (χ0n) is 13.1. The van der Waals surface area contributed by atoms with Crippen LogP contribution in [0.25, 0.3) is 22.6 Å². The summed E-state index contributed by atoms with van der Waals surface area (Å²) < 4.78 is 12.9. The Labute approximate surface area is 148 Å². The topological polar surface area (TPSA) is 53.6 Å². The third-order valence-corrected chi connectivity index (χ3v) is 4.09. The standard InChI is InChI=1S/C19H14ClFN4/c20-17-10-9-16-19(24-17)25-18(23-16)13-3-7-15(8-4-13)22-11-12-1-5-14(21)6-2-12/h1-10,22H,11H2,(H,23,24,25). The van der Waals surface area contributed by atoms with Gasteiger partial charge in [0.25, 0.3) is 0 Å². The van der Waals surface area contributed by atoms with Gasteiger partial charge in [-0.2, -0.15) is 0 Å². The molecule has 0 unspecified atom stereocenters. The molecular formula is C19H14ClFN4. The van der Waals surface area contributed by atoms with Gasteiger partial charge in [0.1, 0.15) is 16.8 Å². The van der Waals surface area contributed by atoms with Crippen LogP contribution in [-0.2, 0) is 6.54 Å². The van der Waals surface area contributed by atoms with Gasteiger partial charge in [-0.25, -0.2) is 14.4 Å². The maximum atomic E-state index is 12.9. The van der Waals surface area contributed by atoms with Crippen molar-refractivity contribution in [2.75, 3.05) is 5.32 Å². The highest BCUT2D eigenvalue weighted by Crippen LogP contribution is 2.22. The number of imidazole rings is 1. The van der Waals surface area contributed by atoms with Crippen molar-refractivity contribution >= 4 is 28.5 Å². The molecule has 2 N–H and O–H groups in total. The predicted molar refractivity (Wildman–Crippen MR) is 98.1 cm³/mol. The van der Waals surface area contributed by atoms with Gasteiger partial charge in [-0.1, -0.05) is 23.7 Å². The number of nitrogens with zero attached hydrogens (tertiary/aromatic N) is 2. The Morgan fingerprint density at radius 2 is 1.68 bits per heavy atom. The zero-order valence-corrected chi connectivity index (χ0v) is 13.9. The lowest BCUT2D eigenvalue weighted by molar-refractivity contribution is 0.627. The number of halogens is 2. The van der Waals surface area contributed by atoms with Crippen molar-refractivity contribution in [2.24, 2.45) is 0 Å². The third kappa shape index (κ3) is 3.46. The fourth-order valence-corrected chi connectivity index (χ4v) is 2.70. The van der Waals surface area contributed by atoms with Gasteiger partial charge in [-0.3, -0.25) is 0 Å². The fourth-order valence-electron chi connectivity index (χ4n) is 2.56. The number of pyridine rings is 1. The number of benzene rings is 2. The molecule has 124 valence electrons. The first-order chi connectivity index (χ1) is 12.2. The molecular weight excluding hydrogens is 339 g/mol. The molecule has 0 fully saturated rings. The van der Waals surface area contributed by atoms with Crippen LogP contribution in [0.2, 0.25) is 5.15 Å². The van der Waals surface area contributed by atoms with Crippen LogP contribution in [0.15, 0.2) is 60.7 Å². The Morgan fingerprint density at radius 3 is 2.44 bits per heavy atom. The van der Waals surface area contributed by atoms with Gasteiger partial charge >= 0.3 is 0 Å². The lowest BCUT2D eigenvalue weighted by atomic mass is 10.2. The zero-order chi connectivity index (χ0) is 17.2. The van der Waals surface area contributed by atoms with E-state index < -0.39 is 0 Å². The maximum absolute atomic E-state index is 12.9. The molecule has 2 aromatic carbocycles. The summed E-state index contributed by atoms with van der Waals surface area (Å²) in [5.74, 6) is 0.518. The molecule has 0 aliphatic carbocycles. The molecule has 2 heterocycles. The van der Waals surface area contributed by atoms with E-state index in [1.165, 1.54) is 12.1 Å². The molecule has 4 rings (SSSR count). The summed E-state index contributed by atoms with van der Waals surface area (Å²) in [5.41, 5.74) is 4.40. The van der Waals surface area contributed by atoms with Crippen LogP contribution in [0.1, 0.15) is 5.56 Å². The summed E-state index contributed by atoms with van der Waals surface area (Å²) >= 11 is 5.89. The largest absolute Gasteiger partial charge is 0.381 e. The minimum Gasteiger partial charge on any atom is -0.381 e. The SMILES string of the molecule is Fc1ccc(CNc2ccc(-c3nc4nc(Cl)ccc4[nH]3)cc2)cc1. The molecule has 2 aromatic heterocycles. The van der Waals surface area contributed by atoms with E-state index in [9.17, 15) is 4.39 Å². The van der Waals surface area contributed by atoms with E-state index in [1.807, 2.05) is 30.3 Å². The molecule has 4 aromatic rings. The predicted octanol–water partition coefficient (Wildman–Crippen LogP) is 5.03. The highest BCUT2D eigenvalue weighted by Gasteiger charge is 2.07. The molecule has 0 aliphatic rings. The second-order valence-electron chi connectivity index (χ2n) is 5.65. The Hall–Kier alpha value is -2.92. The second kappa shape index (κ2) is 6.53. The number of aromatic amines is 1. The number of hydrogen-bond donors (Lipinski definition) is 2. The number of H-pyrrole nitrogens is 1. The third-order valence-electron chi connectivity index (χ3n) is 3.88. The van der Waals surface area contributed by atoms with E-state index in [-0.39, 0.29) is 5.82 Å². The second-order valence-corrected chi connectivity index (χ2v) is 6.04. The molecule has 0 saturated heterocycles. The molecule has 25 heavy (non-hydrogen) atoms. The molecule has 0 aliphatic heterocycles. The van der Waals surface area contributed by atoms with Crippen molar-refractivity contribution in [3.8, 4) is 11.4 Å². The van der Waals surface area contributed by atoms with Crippen LogP contribution in [-0.4, -0.2) is 15.0 Å². The average Bonchev–Trinajstić information content (AvgIpc) is 3.05. The number of aromatic nitrogens is 3. The Kier molecular flexibility index (Phi) is 4.07. The Balaban J connectivity index is 1.49. The summed E-state index contributed by atoms with van der Waals surface area (Å²) in [6, 6.07) is 18.0. The van der Waals surface area contributed by atoms with Crippen LogP contribution in [0, 0.1) is 5.82 Å². The fraction of sp³-hybridized carbons (Fsp3) is 0.0526. The van der Waals surface area contributed by atoms with Crippen LogP contribution < -0.4 is 5.32 Å². The van der Waals surface area contributed by atoms with Crippen molar-refractivity contribution in [3.05, 3.63) is 77.2 Å². The van der Waals surface area contributed by atoms with E-state index in [4.69, 9.17) is 11.6 Å². The van der Waals surface area contributed by atoms with Gasteiger partial charge in [0.15, 0.2) is 5.65 Å². The van der Waals surface area contributed by atoms with Crippen molar-refractivity contribution in [1.29, 1.82) is 0 Å². The van der Waals surface area contributed by atoms with Gasteiger partial charge < -0.3 is 10.3 Å². The normalized spacial score (nSPS) is 11.0. The smallest absolute Gasteiger partial charge is 0.179 e. The monoisotopic (exact) mass is 352 g/mol. The summed E-state index contributed by atoms with van der Waals surface area (Å²) in [7, 11) is 0. The van der Waals surface area contributed by atoms with Gasteiger partial charge in [-0.05, 0) is 54.1 Å². The highest BCUT2D eigenvalue weighted by molar-refractivity contribution is 6.29. The van der Waals surface area contributed by atoms with Crippen molar-refractivity contribution < 1.29 is 4.39 Å². The number of anilines is 1. The summed E-state index contributed by atoms with van der Waals surface area (Å²) in [4.78, 5) is 11.9. The molecule has 0 radical (unpaired) electrons. The first-order valence-electron chi connectivity index (χ1n) is 7.78. The van der Waals surface area contributed by atoms with Gasteiger partial charge in [0.2, 0.25) is 0 Å². The Bertz CT molecular complexity index is 1010. The minimum atomic E-state index is -0.227. The molecule has 0 atom stereocenters. The lowest BCUT2D eigenvalue weighted by Gasteiger charge is -2.07. The first-order valence-corrected chi connectivity index (χ1v) is 8.16.